The van der Waals surface area contributed by atoms with Crippen LogP contribution in [0.2, 0.25) is 0 Å². The lowest BCUT2D eigenvalue weighted by Crippen LogP contribution is -2.45. The number of amides is 2. The normalized spacial score (nSPS) is 19.5. The second kappa shape index (κ2) is 10.9. The summed E-state index contributed by atoms with van der Waals surface area (Å²) >= 11 is 0. The Morgan fingerprint density at radius 3 is 2.23 bits per heavy atom. The monoisotopic (exact) mass is 532 g/mol. The lowest BCUT2D eigenvalue weighted by molar-refractivity contribution is -0.119. The van der Waals surface area contributed by atoms with Crippen LogP contribution < -0.4 is 19.7 Å². The zero-order chi connectivity index (χ0) is 27.7. The lowest BCUT2D eigenvalue weighted by Gasteiger charge is -2.40. The van der Waals surface area contributed by atoms with E-state index in [2.05, 4.69) is 22.2 Å². The van der Waals surface area contributed by atoms with Gasteiger partial charge in [-0.05, 0) is 42.9 Å². The van der Waals surface area contributed by atoms with Crippen molar-refractivity contribution in [2.45, 2.75) is 12.0 Å². The molecular formula is C30H33FN4O4. The van der Waals surface area contributed by atoms with Gasteiger partial charge in [-0.2, -0.15) is 0 Å². The van der Waals surface area contributed by atoms with Crippen molar-refractivity contribution in [2.75, 3.05) is 64.7 Å². The van der Waals surface area contributed by atoms with Crippen LogP contribution in [0.15, 0.2) is 60.7 Å². The third-order valence-corrected chi connectivity index (χ3v) is 7.69. The van der Waals surface area contributed by atoms with Crippen LogP contribution in [0.1, 0.15) is 33.4 Å². The number of methoxy groups -OCH3 is 2. The number of likely N-dealkylation sites (N-methyl/N-ethyl adjacent to an activating group) is 2. The van der Waals surface area contributed by atoms with E-state index in [0.717, 1.165) is 31.9 Å². The second-order valence-electron chi connectivity index (χ2n) is 9.95. The number of nitrogens with one attached hydrogen (secondary N) is 1. The molecule has 1 fully saturated rings. The smallest absolute Gasteiger partial charge is 0.254 e. The number of carbonyl (C=O) groups is 2. The molecule has 0 radical (unpaired) electrons. The van der Waals surface area contributed by atoms with E-state index < -0.39 is 17.8 Å². The highest BCUT2D eigenvalue weighted by Crippen LogP contribution is 2.46. The predicted octanol–water partition coefficient (Wildman–Crippen LogP) is 4.14. The highest BCUT2D eigenvalue weighted by Gasteiger charge is 2.44. The van der Waals surface area contributed by atoms with Crippen molar-refractivity contribution in [2.24, 2.45) is 0 Å². The van der Waals surface area contributed by atoms with Gasteiger partial charge in [-0.3, -0.25) is 9.59 Å². The van der Waals surface area contributed by atoms with Crippen LogP contribution in [-0.2, 0) is 4.79 Å². The first-order valence-corrected chi connectivity index (χ1v) is 12.9. The molecule has 9 heteroatoms. The summed E-state index contributed by atoms with van der Waals surface area (Å²) < 4.78 is 26.1. The zero-order valence-corrected chi connectivity index (χ0v) is 22.6. The van der Waals surface area contributed by atoms with Crippen LogP contribution in [0.4, 0.5) is 15.8 Å². The summed E-state index contributed by atoms with van der Waals surface area (Å²) in [6.07, 6.45) is 0. The molecule has 2 aliphatic heterocycles. The number of anilines is 2. The van der Waals surface area contributed by atoms with Gasteiger partial charge >= 0.3 is 0 Å². The molecule has 8 nitrogen and oxygen atoms in total. The number of fused-ring (bicyclic) bond motifs is 1. The predicted molar refractivity (Wildman–Crippen MR) is 148 cm³/mol. The van der Waals surface area contributed by atoms with Gasteiger partial charge in [-0.25, -0.2) is 4.39 Å². The molecule has 0 saturated carbocycles. The number of benzene rings is 3. The Kier molecular flexibility index (Phi) is 7.43. The van der Waals surface area contributed by atoms with Crippen molar-refractivity contribution in [3.63, 3.8) is 0 Å². The number of nitrogens with zero attached hydrogens (tertiary/aromatic N) is 3. The maximum Gasteiger partial charge on any atom is 0.254 e. The average molecular weight is 533 g/mol. The highest BCUT2D eigenvalue weighted by atomic mass is 19.1. The minimum Gasteiger partial charge on any atom is -0.493 e. The fourth-order valence-corrected chi connectivity index (χ4v) is 5.55. The van der Waals surface area contributed by atoms with Gasteiger partial charge in [0.25, 0.3) is 5.91 Å². The van der Waals surface area contributed by atoms with Gasteiger partial charge in [-0.15, -0.1) is 0 Å². The summed E-state index contributed by atoms with van der Waals surface area (Å²) in [6.45, 7) is 3.51. The molecule has 204 valence electrons. The molecular weight excluding hydrogens is 499 g/mol. The van der Waals surface area contributed by atoms with E-state index in [9.17, 15) is 9.59 Å². The topological polar surface area (TPSA) is 74.4 Å². The van der Waals surface area contributed by atoms with Gasteiger partial charge in [0.15, 0.2) is 11.5 Å². The molecule has 5 rings (SSSR count). The van der Waals surface area contributed by atoms with E-state index in [4.69, 9.17) is 9.47 Å². The van der Waals surface area contributed by atoms with Gasteiger partial charge in [0, 0.05) is 44.4 Å². The van der Waals surface area contributed by atoms with E-state index in [1.807, 2.05) is 24.3 Å². The van der Waals surface area contributed by atoms with E-state index >= 15 is 4.39 Å². The Bertz CT molecular complexity index is 1390. The Balaban J connectivity index is 1.61. The first-order valence-electron chi connectivity index (χ1n) is 12.9. The number of rotatable bonds is 6. The molecule has 2 heterocycles. The first kappa shape index (κ1) is 26.5. The molecule has 39 heavy (non-hydrogen) atoms. The van der Waals surface area contributed by atoms with Crippen molar-refractivity contribution in [1.29, 1.82) is 0 Å². The van der Waals surface area contributed by atoms with Gasteiger partial charge in [0.1, 0.15) is 5.82 Å². The number of hydrogen-bond acceptors (Lipinski definition) is 6. The van der Waals surface area contributed by atoms with Gasteiger partial charge < -0.3 is 29.5 Å². The van der Waals surface area contributed by atoms with Crippen LogP contribution >= 0.6 is 0 Å². The minimum absolute atomic E-state index is 0.265. The summed E-state index contributed by atoms with van der Waals surface area (Å²) in [5.41, 5.74) is 2.63. The van der Waals surface area contributed by atoms with Crippen LogP contribution in [0, 0.1) is 5.82 Å². The standard InChI is InChI=1S/C30H33FN4O4/c1-33-13-15-35(16-14-33)24-12-8-7-11-23(24)32-29(36)27-20-17-25(38-3)26(39-4)18-21(20)30(37)34(2)28(27)19-9-5-6-10-22(19)31/h5-12,17-18,27-28H,13-16H2,1-4H3,(H,32,36)/t27-,28+/m1/s1. The molecule has 1 N–H and O–H groups in total. The van der Waals surface area contributed by atoms with E-state index in [1.165, 1.54) is 25.2 Å². The molecule has 3 aromatic carbocycles. The molecule has 0 aromatic heterocycles. The Labute approximate surface area is 227 Å². The largest absolute Gasteiger partial charge is 0.493 e. The van der Waals surface area contributed by atoms with E-state index in [1.54, 1.807) is 37.4 Å². The third kappa shape index (κ3) is 4.90. The summed E-state index contributed by atoms with van der Waals surface area (Å²) in [7, 11) is 6.67. The number of ether oxygens (including phenoxy) is 2. The SMILES string of the molecule is COc1cc2c(cc1OC)[C@@H](C(=O)Nc1ccccc1N1CCN(C)CC1)[C@H](c1ccccc1F)N(C)C2=O. The van der Waals surface area contributed by atoms with Gasteiger partial charge in [0.05, 0.1) is 37.6 Å². The van der Waals surface area contributed by atoms with Crippen LogP contribution in [0.25, 0.3) is 0 Å². The number of halogens is 1. The number of para-hydroxylation sites is 2. The summed E-state index contributed by atoms with van der Waals surface area (Å²) in [6, 6.07) is 16.3. The van der Waals surface area contributed by atoms with Gasteiger partial charge in [-0.1, -0.05) is 30.3 Å². The highest BCUT2D eigenvalue weighted by molar-refractivity contribution is 6.05. The number of hydrogen-bond donors (Lipinski definition) is 1. The van der Waals surface area contributed by atoms with Crippen LogP contribution in [0.3, 0.4) is 0 Å². The maximum atomic E-state index is 15.2. The molecule has 0 aliphatic carbocycles. The molecule has 2 atom stereocenters. The molecule has 2 aliphatic rings. The fraction of sp³-hybridized carbons (Fsp3) is 0.333. The maximum absolute atomic E-state index is 15.2. The second-order valence-corrected chi connectivity index (χ2v) is 9.95. The van der Waals surface area contributed by atoms with Crippen LogP contribution in [0.5, 0.6) is 11.5 Å². The zero-order valence-electron chi connectivity index (χ0n) is 22.6. The molecule has 0 spiro atoms. The third-order valence-electron chi connectivity index (χ3n) is 7.69. The van der Waals surface area contributed by atoms with Crippen molar-refractivity contribution < 1.29 is 23.5 Å². The van der Waals surface area contributed by atoms with Crippen molar-refractivity contribution in [3.05, 3.63) is 83.2 Å². The molecule has 0 unspecified atom stereocenters. The van der Waals surface area contributed by atoms with Crippen molar-refractivity contribution in [1.82, 2.24) is 9.80 Å². The Hall–Kier alpha value is -4.11. The summed E-state index contributed by atoms with van der Waals surface area (Å²) in [4.78, 5) is 33.8. The lowest BCUT2D eigenvalue weighted by atomic mass is 9.79. The molecule has 2 amide bonds. The van der Waals surface area contributed by atoms with E-state index in [-0.39, 0.29) is 17.4 Å². The number of piperazine rings is 1. The minimum atomic E-state index is -0.917. The van der Waals surface area contributed by atoms with E-state index in [0.29, 0.717) is 28.3 Å². The number of carbonyl (C=O) groups excluding carboxylic acids is 2. The van der Waals surface area contributed by atoms with Crippen molar-refractivity contribution in [3.8, 4) is 11.5 Å². The summed E-state index contributed by atoms with van der Waals surface area (Å²) in [5.74, 6) is -1.32. The van der Waals surface area contributed by atoms with Crippen molar-refractivity contribution >= 4 is 23.2 Å². The molecule has 0 bridgehead atoms. The first-order chi connectivity index (χ1) is 18.8. The average Bonchev–Trinajstić information content (AvgIpc) is 2.95. The Morgan fingerprint density at radius 2 is 1.54 bits per heavy atom. The van der Waals surface area contributed by atoms with Gasteiger partial charge in [0.2, 0.25) is 5.91 Å². The molecule has 3 aromatic rings. The fourth-order valence-electron chi connectivity index (χ4n) is 5.55. The summed E-state index contributed by atoms with van der Waals surface area (Å²) in [5, 5.41) is 3.12. The quantitative estimate of drug-likeness (QED) is 0.515. The Morgan fingerprint density at radius 1 is 0.897 bits per heavy atom. The molecule has 1 saturated heterocycles. The van der Waals surface area contributed by atoms with Crippen LogP contribution in [-0.4, -0.2) is 76.1 Å².